The molecule has 0 saturated heterocycles. The Kier molecular flexibility index (Phi) is 5.32. The van der Waals surface area contributed by atoms with Crippen molar-refractivity contribution in [3.63, 3.8) is 0 Å². The molecule has 0 aromatic heterocycles. The smallest absolute Gasteiger partial charge is 0.317 e. The van der Waals surface area contributed by atoms with E-state index in [9.17, 15) is 18.0 Å². The number of amides is 1. The van der Waals surface area contributed by atoms with Gasteiger partial charge in [-0.15, -0.1) is 0 Å². The first-order chi connectivity index (χ1) is 12.8. The molecule has 0 heterocycles. The standard InChI is InChI=1S/C20H21NO5S/c1-27(24,25)17-11-6-5-10-16(17)21-18(22)14-26-19(23)20(12-7-13-20)15-8-3-2-4-9-15/h2-6,8-11H,7,12-14H2,1H3,(H,21,22). The van der Waals surface area contributed by atoms with Crippen molar-refractivity contribution in [2.24, 2.45) is 0 Å². The maximum Gasteiger partial charge on any atom is 0.317 e. The fourth-order valence-corrected chi connectivity index (χ4v) is 4.09. The van der Waals surface area contributed by atoms with E-state index in [0.717, 1.165) is 18.2 Å². The van der Waals surface area contributed by atoms with E-state index in [4.69, 9.17) is 4.74 Å². The number of ether oxygens (including phenoxy) is 1. The Hall–Kier alpha value is -2.67. The summed E-state index contributed by atoms with van der Waals surface area (Å²) in [6.45, 7) is -0.467. The summed E-state index contributed by atoms with van der Waals surface area (Å²) in [6, 6.07) is 15.5. The summed E-state index contributed by atoms with van der Waals surface area (Å²) < 4.78 is 28.9. The Morgan fingerprint density at radius 2 is 1.67 bits per heavy atom. The van der Waals surface area contributed by atoms with Crippen LogP contribution in [0.1, 0.15) is 24.8 Å². The van der Waals surface area contributed by atoms with Crippen LogP contribution < -0.4 is 5.32 Å². The largest absolute Gasteiger partial charge is 0.455 e. The molecule has 1 fully saturated rings. The van der Waals surface area contributed by atoms with Crippen LogP contribution in [0.4, 0.5) is 5.69 Å². The number of anilines is 1. The molecule has 0 spiro atoms. The second-order valence-corrected chi connectivity index (χ2v) is 8.68. The molecule has 7 heteroatoms. The third kappa shape index (κ3) is 4.03. The quantitative estimate of drug-likeness (QED) is 0.770. The highest BCUT2D eigenvalue weighted by Crippen LogP contribution is 2.44. The highest BCUT2D eigenvalue weighted by molar-refractivity contribution is 7.90. The fourth-order valence-electron chi connectivity index (χ4n) is 3.25. The van der Waals surface area contributed by atoms with Crippen LogP contribution in [0.5, 0.6) is 0 Å². The van der Waals surface area contributed by atoms with Gasteiger partial charge < -0.3 is 10.1 Å². The maximum atomic E-state index is 12.6. The number of sulfone groups is 1. The van der Waals surface area contributed by atoms with Gasteiger partial charge in [-0.25, -0.2) is 8.42 Å². The molecule has 1 saturated carbocycles. The summed E-state index contributed by atoms with van der Waals surface area (Å²) in [5.74, 6) is -1.01. The zero-order chi connectivity index (χ0) is 19.5. The van der Waals surface area contributed by atoms with Crippen molar-refractivity contribution < 1.29 is 22.7 Å². The lowest BCUT2D eigenvalue weighted by molar-refractivity contribution is -0.156. The minimum Gasteiger partial charge on any atom is -0.455 e. The van der Waals surface area contributed by atoms with Crippen LogP contribution in [0, 0.1) is 0 Å². The molecule has 2 aromatic carbocycles. The zero-order valence-corrected chi connectivity index (χ0v) is 15.8. The Bertz CT molecular complexity index is 949. The number of benzene rings is 2. The highest BCUT2D eigenvalue weighted by atomic mass is 32.2. The van der Waals surface area contributed by atoms with Crippen LogP contribution in [0.15, 0.2) is 59.5 Å². The minimum absolute atomic E-state index is 0.0180. The Labute approximate surface area is 158 Å². The van der Waals surface area contributed by atoms with E-state index in [1.54, 1.807) is 12.1 Å². The van der Waals surface area contributed by atoms with Crippen molar-refractivity contribution in [3.05, 3.63) is 60.2 Å². The van der Waals surface area contributed by atoms with Crippen LogP contribution >= 0.6 is 0 Å². The number of rotatable bonds is 6. The van der Waals surface area contributed by atoms with Gasteiger partial charge in [0.05, 0.1) is 16.0 Å². The van der Waals surface area contributed by atoms with Gasteiger partial charge in [-0.05, 0) is 30.5 Å². The summed E-state index contributed by atoms with van der Waals surface area (Å²) in [4.78, 5) is 24.8. The summed E-state index contributed by atoms with van der Waals surface area (Å²) in [6.07, 6.45) is 3.37. The first kappa shape index (κ1) is 19.1. The lowest BCUT2D eigenvalue weighted by atomic mass is 9.64. The van der Waals surface area contributed by atoms with E-state index < -0.39 is 33.7 Å². The summed E-state index contributed by atoms with van der Waals surface area (Å²) in [7, 11) is -3.49. The third-order valence-electron chi connectivity index (χ3n) is 4.82. The van der Waals surface area contributed by atoms with Gasteiger partial charge in [0.2, 0.25) is 0 Å². The second-order valence-electron chi connectivity index (χ2n) is 6.69. The molecule has 0 unspecified atom stereocenters. The molecule has 1 aliphatic rings. The van der Waals surface area contributed by atoms with Gasteiger partial charge in [-0.1, -0.05) is 48.9 Å². The molecule has 27 heavy (non-hydrogen) atoms. The number of hydrogen-bond acceptors (Lipinski definition) is 5. The summed E-state index contributed by atoms with van der Waals surface area (Å²) >= 11 is 0. The van der Waals surface area contributed by atoms with E-state index in [-0.39, 0.29) is 10.6 Å². The first-order valence-corrected chi connectivity index (χ1v) is 10.5. The molecule has 6 nitrogen and oxygen atoms in total. The molecule has 142 valence electrons. The van der Waals surface area contributed by atoms with Gasteiger partial charge in [0.25, 0.3) is 5.91 Å². The molecule has 0 bridgehead atoms. The lowest BCUT2D eigenvalue weighted by Crippen LogP contribution is -2.44. The topological polar surface area (TPSA) is 89.5 Å². The first-order valence-electron chi connectivity index (χ1n) is 8.65. The monoisotopic (exact) mass is 387 g/mol. The third-order valence-corrected chi connectivity index (χ3v) is 5.97. The van der Waals surface area contributed by atoms with Crippen LogP contribution in [0.3, 0.4) is 0 Å². The number of para-hydroxylation sites is 1. The van der Waals surface area contributed by atoms with E-state index in [1.165, 1.54) is 12.1 Å². The molecule has 0 atom stereocenters. The van der Waals surface area contributed by atoms with Crippen LogP contribution in [0.2, 0.25) is 0 Å². The Balaban J connectivity index is 1.66. The van der Waals surface area contributed by atoms with Crippen molar-refractivity contribution in [1.82, 2.24) is 0 Å². The van der Waals surface area contributed by atoms with Crippen LogP contribution in [-0.2, 0) is 29.6 Å². The van der Waals surface area contributed by atoms with Crippen molar-refractivity contribution >= 4 is 27.4 Å². The van der Waals surface area contributed by atoms with Crippen LogP contribution in [0.25, 0.3) is 0 Å². The molecule has 1 amide bonds. The molecule has 1 aliphatic carbocycles. The molecule has 0 radical (unpaired) electrons. The van der Waals surface area contributed by atoms with Crippen LogP contribution in [-0.4, -0.2) is 33.2 Å². The molecular weight excluding hydrogens is 366 g/mol. The van der Waals surface area contributed by atoms with Gasteiger partial charge in [-0.3, -0.25) is 9.59 Å². The lowest BCUT2D eigenvalue weighted by Gasteiger charge is -2.39. The summed E-state index contributed by atoms with van der Waals surface area (Å²) in [5.41, 5.74) is 0.373. The van der Waals surface area contributed by atoms with E-state index in [2.05, 4.69) is 5.32 Å². The SMILES string of the molecule is CS(=O)(=O)c1ccccc1NC(=O)COC(=O)C1(c2ccccc2)CCC1. The number of carbonyl (C=O) groups is 2. The number of nitrogens with one attached hydrogen (secondary N) is 1. The average Bonchev–Trinajstić information content (AvgIpc) is 2.59. The van der Waals surface area contributed by atoms with Gasteiger partial charge >= 0.3 is 5.97 Å². The molecule has 0 aliphatic heterocycles. The minimum atomic E-state index is -3.49. The Morgan fingerprint density at radius 3 is 2.26 bits per heavy atom. The van der Waals surface area contributed by atoms with E-state index >= 15 is 0 Å². The zero-order valence-electron chi connectivity index (χ0n) is 15.0. The van der Waals surface area contributed by atoms with E-state index in [0.29, 0.717) is 12.8 Å². The van der Waals surface area contributed by atoms with Gasteiger partial charge in [0.1, 0.15) is 0 Å². The number of carbonyl (C=O) groups excluding carboxylic acids is 2. The van der Waals surface area contributed by atoms with E-state index in [1.807, 2.05) is 30.3 Å². The summed E-state index contributed by atoms with van der Waals surface area (Å²) in [5, 5.41) is 2.50. The van der Waals surface area contributed by atoms with Crippen molar-refractivity contribution in [3.8, 4) is 0 Å². The highest BCUT2D eigenvalue weighted by Gasteiger charge is 2.47. The van der Waals surface area contributed by atoms with Crippen molar-refractivity contribution in [1.29, 1.82) is 0 Å². The van der Waals surface area contributed by atoms with Crippen molar-refractivity contribution in [2.45, 2.75) is 29.6 Å². The number of esters is 1. The Morgan fingerprint density at radius 1 is 1.04 bits per heavy atom. The predicted octanol–water partition coefficient (Wildman–Crippen LogP) is 2.69. The maximum absolute atomic E-state index is 12.6. The fraction of sp³-hybridized carbons (Fsp3) is 0.300. The van der Waals surface area contributed by atoms with Gasteiger partial charge in [-0.2, -0.15) is 0 Å². The molecule has 1 N–H and O–H groups in total. The molecule has 3 rings (SSSR count). The molecular formula is C20H21NO5S. The molecule has 2 aromatic rings. The van der Waals surface area contributed by atoms with Crippen molar-refractivity contribution in [2.75, 3.05) is 18.2 Å². The second kappa shape index (κ2) is 7.52. The van der Waals surface area contributed by atoms with Gasteiger partial charge in [0, 0.05) is 6.26 Å². The van der Waals surface area contributed by atoms with Gasteiger partial charge in [0.15, 0.2) is 16.4 Å². The number of hydrogen-bond donors (Lipinski definition) is 1. The predicted molar refractivity (Wildman–Crippen MR) is 101 cm³/mol. The average molecular weight is 387 g/mol. The normalized spacial score (nSPS) is 15.4.